The van der Waals surface area contributed by atoms with Gasteiger partial charge in [0.15, 0.2) is 6.04 Å². The summed E-state index contributed by atoms with van der Waals surface area (Å²) in [5, 5.41) is 9.13. The smallest absolute Gasteiger partial charge is 0.410 e. The monoisotopic (exact) mass is 468 g/mol. The molecule has 1 aromatic heterocycles. The van der Waals surface area contributed by atoms with E-state index in [4.69, 9.17) is 16.3 Å². The number of nitrogens with one attached hydrogen (secondary N) is 2. The second-order valence-electron chi connectivity index (χ2n) is 7.20. The first kappa shape index (κ1) is 21.9. The van der Waals surface area contributed by atoms with Crippen LogP contribution in [-0.2, 0) is 0 Å². The molecule has 3 aromatic rings. The van der Waals surface area contributed by atoms with E-state index < -0.39 is 30.0 Å². The molecule has 0 aliphatic carbocycles. The summed E-state index contributed by atoms with van der Waals surface area (Å²) >= 11 is 5.73. The largest absolute Gasteiger partial charge is 0.497 e. The van der Waals surface area contributed by atoms with Gasteiger partial charge in [0.25, 0.3) is 5.91 Å². The van der Waals surface area contributed by atoms with Crippen LogP contribution in [0.2, 0.25) is 5.02 Å². The van der Waals surface area contributed by atoms with E-state index >= 15 is 0 Å². The number of aromatic nitrogens is 2. The normalized spacial score (nSPS) is 17.9. The number of anilines is 2. The van der Waals surface area contributed by atoms with Gasteiger partial charge < -0.3 is 15.4 Å². The molecule has 0 radical (unpaired) electrons. The molecule has 0 bridgehead atoms. The lowest BCUT2D eigenvalue weighted by molar-refractivity contribution is -0.173. The number of alkyl halides is 3. The summed E-state index contributed by atoms with van der Waals surface area (Å²) in [7, 11) is 1.46. The van der Waals surface area contributed by atoms with Crippen molar-refractivity contribution in [2.45, 2.75) is 24.7 Å². The summed E-state index contributed by atoms with van der Waals surface area (Å²) in [6.07, 6.45) is -3.84. The highest BCUT2D eigenvalue weighted by atomic mass is 35.5. The first-order valence-electron chi connectivity index (χ1n) is 9.48. The van der Waals surface area contributed by atoms with E-state index in [0.29, 0.717) is 11.3 Å². The summed E-state index contributed by atoms with van der Waals surface area (Å²) in [5.41, 5.74) is 0.670. The third-order valence-electron chi connectivity index (χ3n) is 5.16. The van der Waals surface area contributed by atoms with Gasteiger partial charge in [-0.25, -0.2) is 9.07 Å². The number of ether oxygens (including phenoxy) is 1. The number of methoxy groups -OCH3 is 1. The zero-order valence-corrected chi connectivity index (χ0v) is 17.3. The zero-order valence-electron chi connectivity index (χ0n) is 16.6. The fourth-order valence-electron chi connectivity index (χ4n) is 3.58. The zero-order chi connectivity index (χ0) is 23.0. The third-order valence-corrected chi connectivity index (χ3v) is 5.45. The Labute approximate surface area is 185 Å². The van der Waals surface area contributed by atoms with Gasteiger partial charge in [-0.2, -0.15) is 18.3 Å². The fourth-order valence-corrected chi connectivity index (χ4v) is 3.76. The number of carbonyl (C=O) groups is 1. The molecule has 1 aliphatic heterocycles. The maximum absolute atomic E-state index is 13.8. The summed E-state index contributed by atoms with van der Waals surface area (Å²) in [4.78, 5) is 12.8. The standard InChI is InChI=1S/C21H17ClF4N4O2/c1-32-13-4-2-3-11(7-13)17-9-18(21(24,25)26)30-19(29-17)14(10-27-30)20(31)28-12-5-6-16(23)15(22)8-12/h2-8,10,17-18,29H,9H2,1H3,(H,28,31)/t17-,18-/m1/s1. The molecule has 2 aromatic carbocycles. The van der Waals surface area contributed by atoms with Gasteiger partial charge in [-0.3, -0.25) is 4.79 Å². The van der Waals surface area contributed by atoms with Gasteiger partial charge in [0.1, 0.15) is 22.9 Å². The molecule has 1 aliphatic rings. The highest BCUT2D eigenvalue weighted by Gasteiger charge is 2.47. The maximum Gasteiger partial charge on any atom is 0.410 e. The molecule has 168 valence electrons. The molecule has 32 heavy (non-hydrogen) atoms. The molecular weight excluding hydrogens is 452 g/mol. The molecule has 1 amide bonds. The van der Waals surface area contributed by atoms with Gasteiger partial charge in [-0.05, 0) is 35.9 Å². The Morgan fingerprint density at radius 2 is 2.06 bits per heavy atom. The molecule has 4 rings (SSSR count). The fraction of sp³-hybridized carbons (Fsp3) is 0.238. The van der Waals surface area contributed by atoms with Crippen molar-refractivity contribution in [3.63, 3.8) is 0 Å². The Hall–Kier alpha value is -3.27. The Morgan fingerprint density at radius 1 is 1.28 bits per heavy atom. The lowest BCUT2D eigenvalue weighted by atomic mass is 9.96. The minimum Gasteiger partial charge on any atom is -0.497 e. The van der Waals surface area contributed by atoms with Crippen molar-refractivity contribution in [3.05, 3.63) is 70.6 Å². The number of halogens is 5. The molecule has 0 saturated heterocycles. The Balaban J connectivity index is 1.69. The average Bonchev–Trinajstić information content (AvgIpc) is 3.19. The molecule has 0 saturated carbocycles. The number of rotatable bonds is 4. The third kappa shape index (κ3) is 4.22. The number of fused-ring (bicyclic) bond motifs is 1. The molecule has 2 atom stereocenters. The van der Waals surface area contributed by atoms with Gasteiger partial charge in [0, 0.05) is 12.1 Å². The van der Waals surface area contributed by atoms with Crippen molar-refractivity contribution in [1.82, 2.24) is 9.78 Å². The predicted molar refractivity (Wildman–Crippen MR) is 111 cm³/mol. The molecule has 2 heterocycles. The minimum absolute atomic E-state index is 0.0721. The van der Waals surface area contributed by atoms with Crippen LogP contribution in [0.15, 0.2) is 48.7 Å². The van der Waals surface area contributed by atoms with Crippen LogP contribution in [-0.4, -0.2) is 29.0 Å². The maximum atomic E-state index is 13.8. The summed E-state index contributed by atoms with van der Waals surface area (Å²) in [6, 6.07) is 7.57. The van der Waals surface area contributed by atoms with Crippen LogP contribution in [0, 0.1) is 5.82 Å². The van der Waals surface area contributed by atoms with E-state index in [-0.39, 0.29) is 28.5 Å². The number of amides is 1. The van der Waals surface area contributed by atoms with Crippen LogP contribution >= 0.6 is 11.6 Å². The van der Waals surface area contributed by atoms with Crippen LogP contribution in [0.5, 0.6) is 5.75 Å². The Kier molecular flexibility index (Phi) is 5.72. The number of hydrogen-bond acceptors (Lipinski definition) is 4. The lowest BCUT2D eigenvalue weighted by Gasteiger charge is -2.34. The van der Waals surface area contributed by atoms with Gasteiger partial charge >= 0.3 is 6.18 Å². The van der Waals surface area contributed by atoms with Crippen LogP contribution in [0.4, 0.5) is 29.1 Å². The van der Waals surface area contributed by atoms with E-state index in [1.165, 1.54) is 19.2 Å². The van der Waals surface area contributed by atoms with E-state index in [0.717, 1.165) is 16.9 Å². The van der Waals surface area contributed by atoms with Crippen molar-refractivity contribution < 1.29 is 27.1 Å². The van der Waals surface area contributed by atoms with E-state index in [2.05, 4.69) is 15.7 Å². The lowest BCUT2D eigenvalue weighted by Crippen LogP contribution is -2.36. The average molecular weight is 469 g/mol. The molecular formula is C21H17ClF4N4O2. The van der Waals surface area contributed by atoms with Crippen molar-refractivity contribution >= 4 is 29.0 Å². The minimum atomic E-state index is -4.59. The van der Waals surface area contributed by atoms with Gasteiger partial charge in [-0.15, -0.1) is 0 Å². The predicted octanol–water partition coefficient (Wildman–Crippen LogP) is 5.60. The van der Waals surface area contributed by atoms with Crippen LogP contribution in [0.25, 0.3) is 0 Å². The quantitative estimate of drug-likeness (QED) is 0.489. The summed E-state index contributed by atoms with van der Waals surface area (Å²) < 4.78 is 60.8. The second kappa shape index (κ2) is 8.34. The van der Waals surface area contributed by atoms with Crippen molar-refractivity contribution in [2.24, 2.45) is 0 Å². The number of benzene rings is 2. The van der Waals surface area contributed by atoms with E-state index in [9.17, 15) is 22.4 Å². The summed E-state index contributed by atoms with van der Waals surface area (Å²) in [6.45, 7) is 0. The van der Waals surface area contributed by atoms with Gasteiger partial charge in [-0.1, -0.05) is 23.7 Å². The first-order valence-corrected chi connectivity index (χ1v) is 9.86. The highest BCUT2D eigenvalue weighted by molar-refractivity contribution is 6.31. The first-order chi connectivity index (χ1) is 15.2. The van der Waals surface area contributed by atoms with E-state index in [1.807, 2.05) is 0 Å². The highest BCUT2D eigenvalue weighted by Crippen LogP contribution is 2.44. The molecule has 6 nitrogen and oxygen atoms in total. The molecule has 11 heteroatoms. The van der Waals surface area contributed by atoms with Crippen molar-refractivity contribution in [3.8, 4) is 5.75 Å². The van der Waals surface area contributed by atoms with E-state index in [1.54, 1.807) is 24.3 Å². The Bertz CT molecular complexity index is 1160. The van der Waals surface area contributed by atoms with Crippen molar-refractivity contribution in [2.75, 3.05) is 17.7 Å². The topological polar surface area (TPSA) is 68.2 Å². The molecule has 0 fully saturated rings. The molecule has 2 N–H and O–H groups in total. The SMILES string of the molecule is COc1cccc([C@H]2C[C@H](C(F)(F)F)n3ncc(C(=O)Nc4ccc(F)c(Cl)c4)c3N2)c1. The molecule has 0 unspecified atom stereocenters. The van der Waals surface area contributed by atoms with Crippen LogP contribution in [0.3, 0.4) is 0 Å². The van der Waals surface area contributed by atoms with Crippen molar-refractivity contribution in [1.29, 1.82) is 0 Å². The van der Waals surface area contributed by atoms with Gasteiger partial charge in [0.05, 0.1) is 24.4 Å². The van der Waals surface area contributed by atoms with Gasteiger partial charge in [0.2, 0.25) is 0 Å². The van der Waals surface area contributed by atoms with Crippen LogP contribution in [0.1, 0.15) is 34.4 Å². The Morgan fingerprint density at radius 3 is 2.75 bits per heavy atom. The number of carbonyl (C=O) groups excluding carboxylic acids is 1. The molecule has 0 spiro atoms. The second-order valence-corrected chi connectivity index (χ2v) is 7.61. The van der Waals surface area contributed by atoms with Crippen LogP contribution < -0.4 is 15.4 Å². The number of nitrogens with zero attached hydrogens (tertiary/aromatic N) is 2. The summed E-state index contributed by atoms with van der Waals surface area (Å²) in [5.74, 6) is -0.952. The number of hydrogen-bond donors (Lipinski definition) is 2.